The number of aromatic nitrogens is 3. The van der Waals surface area contributed by atoms with E-state index >= 15 is 0 Å². The van der Waals surface area contributed by atoms with Gasteiger partial charge in [0.1, 0.15) is 0 Å². The lowest BCUT2D eigenvalue weighted by Crippen LogP contribution is -2.31. The van der Waals surface area contributed by atoms with Crippen molar-refractivity contribution in [3.05, 3.63) is 27.7 Å². The van der Waals surface area contributed by atoms with Crippen molar-refractivity contribution >= 4 is 17.3 Å². The van der Waals surface area contributed by atoms with E-state index in [0.29, 0.717) is 0 Å². The Morgan fingerprint density at radius 2 is 2.37 bits per heavy atom. The van der Waals surface area contributed by atoms with Gasteiger partial charge < -0.3 is 10.6 Å². The van der Waals surface area contributed by atoms with Crippen molar-refractivity contribution in [2.24, 2.45) is 0 Å². The van der Waals surface area contributed by atoms with E-state index in [1.54, 1.807) is 0 Å². The average Bonchev–Trinajstić information content (AvgIpc) is 3.04. The smallest absolute Gasteiger partial charge is 0.224 e. The third kappa shape index (κ3) is 2.15. The summed E-state index contributed by atoms with van der Waals surface area (Å²) in [7, 11) is 0. The Morgan fingerprint density at radius 1 is 1.47 bits per heavy atom. The highest BCUT2D eigenvalue weighted by atomic mass is 32.1. The quantitative estimate of drug-likeness (QED) is 0.898. The van der Waals surface area contributed by atoms with Crippen LogP contribution in [-0.4, -0.2) is 27.9 Å². The summed E-state index contributed by atoms with van der Waals surface area (Å²) in [5.41, 5.74) is 1.36. The molecule has 0 fully saturated rings. The van der Waals surface area contributed by atoms with Crippen LogP contribution >= 0.6 is 11.3 Å². The molecule has 3 heterocycles. The van der Waals surface area contributed by atoms with E-state index in [9.17, 15) is 0 Å². The van der Waals surface area contributed by atoms with Gasteiger partial charge in [0.25, 0.3) is 0 Å². The predicted octanol–water partition coefficient (Wildman–Crippen LogP) is 2.03. The zero-order chi connectivity index (χ0) is 13.2. The van der Waals surface area contributed by atoms with Gasteiger partial charge in [-0.2, -0.15) is 0 Å². The summed E-state index contributed by atoms with van der Waals surface area (Å²) in [6.07, 6.45) is 1.11. The molecule has 102 valence electrons. The number of rotatable bonds is 4. The van der Waals surface area contributed by atoms with Gasteiger partial charge in [-0.3, -0.25) is 4.57 Å². The van der Waals surface area contributed by atoms with Crippen LogP contribution in [0, 0.1) is 0 Å². The topological polar surface area (TPSA) is 54.8 Å². The fourth-order valence-electron chi connectivity index (χ4n) is 2.61. The minimum absolute atomic E-state index is 0.176. The number of nitrogens with one attached hydrogen (secondary N) is 2. The first-order valence-electron chi connectivity index (χ1n) is 6.81. The standard InChI is InChI=1S/C13H19N5S/c1-3-14-13-17-16-12(18(13)4-2)11-9-6-8-19-10(9)5-7-15-11/h6,8,11,15H,3-5,7H2,1-2H3,(H,14,17). The Hall–Kier alpha value is -1.40. The Bertz CT molecular complexity index is 559. The van der Waals surface area contributed by atoms with Crippen molar-refractivity contribution in [1.29, 1.82) is 0 Å². The Kier molecular flexibility index (Phi) is 3.52. The van der Waals surface area contributed by atoms with Crippen molar-refractivity contribution < 1.29 is 0 Å². The van der Waals surface area contributed by atoms with Crippen molar-refractivity contribution in [3.63, 3.8) is 0 Å². The van der Waals surface area contributed by atoms with Crippen molar-refractivity contribution in [3.8, 4) is 0 Å². The van der Waals surface area contributed by atoms with Gasteiger partial charge in [0.2, 0.25) is 5.95 Å². The van der Waals surface area contributed by atoms with E-state index in [0.717, 1.165) is 37.8 Å². The maximum absolute atomic E-state index is 4.40. The molecule has 0 amide bonds. The molecule has 1 unspecified atom stereocenters. The molecule has 3 rings (SSSR count). The summed E-state index contributed by atoms with van der Waals surface area (Å²) in [5, 5.41) is 17.7. The zero-order valence-electron chi connectivity index (χ0n) is 11.3. The Balaban J connectivity index is 2.00. The van der Waals surface area contributed by atoms with Crippen LogP contribution in [0.4, 0.5) is 5.95 Å². The molecule has 0 saturated carbocycles. The molecular formula is C13H19N5S. The molecule has 1 aliphatic rings. The summed E-state index contributed by atoms with van der Waals surface area (Å²) in [4.78, 5) is 1.47. The number of thiophene rings is 1. The molecule has 6 heteroatoms. The van der Waals surface area contributed by atoms with Crippen LogP contribution in [0.2, 0.25) is 0 Å². The Morgan fingerprint density at radius 3 is 3.16 bits per heavy atom. The van der Waals surface area contributed by atoms with Crippen LogP contribution in [0.1, 0.15) is 36.2 Å². The van der Waals surface area contributed by atoms with Gasteiger partial charge in [-0.1, -0.05) is 0 Å². The predicted molar refractivity (Wildman–Crippen MR) is 77.7 cm³/mol. The van der Waals surface area contributed by atoms with E-state index in [-0.39, 0.29) is 6.04 Å². The molecule has 5 nitrogen and oxygen atoms in total. The van der Waals surface area contributed by atoms with Crippen molar-refractivity contribution in [2.75, 3.05) is 18.4 Å². The minimum atomic E-state index is 0.176. The van der Waals surface area contributed by atoms with E-state index < -0.39 is 0 Å². The SMILES string of the molecule is CCNc1nnc(C2NCCc3sccc32)n1CC. The molecule has 2 aromatic rings. The maximum Gasteiger partial charge on any atom is 0.224 e. The van der Waals surface area contributed by atoms with Crippen LogP contribution < -0.4 is 10.6 Å². The summed E-state index contributed by atoms with van der Waals surface area (Å²) in [6.45, 7) is 6.95. The number of anilines is 1. The molecule has 0 radical (unpaired) electrons. The molecule has 19 heavy (non-hydrogen) atoms. The molecule has 2 aromatic heterocycles. The summed E-state index contributed by atoms with van der Waals surface area (Å²) in [6, 6.07) is 2.38. The van der Waals surface area contributed by atoms with Gasteiger partial charge in [0.05, 0.1) is 6.04 Å². The highest BCUT2D eigenvalue weighted by molar-refractivity contribution is 7.10. The first-order chi connectivity index (χ1) is 9.35. The van der Waals surface area contributed by atoms with Crippen LogP contribution in [0.25, 0.3) is 0 Å². The third-order valence-electron chi connectivity index (χ3n) is 3.48. The van der Waals surface area contributed by atoms with E-state index in [2.05, 4.69) is 50.7 Å². The largest absolute Gasteiger partial charge is 0.355 e. The average molecular weight is 277 g/mol. The first-order valence-corrected chi connectivity index (χ1v) is 7.69. The molecule has 0 aromatic carbocycles. The zero-order valence-corrected chi connectivity index (χ0v) is 12.1. The van der Waals surface area contributed by atoms with Crippen molar-refractivity contribution in [1.82, 2.24) is 20.1 Å². The summed E-state index contributed by atoms with van der Waals surface area (Å²) < 4.78 is 2.16. The molecule has 0 spiro atoms. The molecular weight excluding hydrogens is 258 g/mol. The first kappa shape index (κ1) is 12.6. The maximum atomic E-state index is 4.40. The number of hydrogen-bond acceptors (Lipinski definition) is 5. The number of hydrogen-bond donors (Lipinski definition) is 2. The molecule has 0 aliphatic carbocycles. The highest BCUT2D eigenvalue weighted by Crippen LogP contribution is 2.31. The fraction of sp³-hybridized carbons (Fsp3) is 0.538. The van der Waals surface area contributed by atoms with Gasteiger partial charge in [-0.25, -0.2) is 0 Å². The van der Waals surface area contributed by atoms with Gasteiger partial charge >= 0.3 is 0 Å². The van der Waals surface area contributed by atoms with E-state index in [1.165, 1.54) is 10.4 Å². The van der Waals surface area contributed by atoms with E-state index in [1.807, 2.05) is 11.3 Å². The lowest BCUT2D eigenvalue weighted by atomic mass is 10.0. The fourth-order valence-corrected chi connectivity index (χ4v) is 3.53. The lowest BCUT2D eigenvalue weighted by molar-refractivity contribution is 0.523. The molecule has 1 aliphatic heterocycles. The molecule has 2 N–H and O–H groups in total. The second-order valence-corrected chi connectivity index (χ2v) is 5.59. The van der Waals surface area contributed by atoms with Crippen molar-refractivity contribution in [2.45, 2.75) is 32.9 Å². The minimum Gasteiger partial charge on any atom is -0.355 e. The normalized spacial score (nSPS) is 18.3. The van der Waals surface area contributed by atoms with Gasteiger partial charge in [-0.15, -0.1) is 21.5 Å². The number of fused-ring (bicyclic) bond motifs is 1. The molecule has 0 saturated heterocycles. The van der Waals surface area contributed by atoms with Crippen LogP contribution in [0.5, 0.6) is 0 Å². The third-order valence-corrected chi connectivity index (χ3v) is 4.48. The van der Waals surface area contributed by atoms with Gasteiger partial charge in [0, 0.05) is 24.5 Å². The van der Waals surface area contributed by atoms with Gasteiger partial charge in [-0.05, 0) is 37.3 Å². The second kappa shape index (κ2) is 5.30. The van der Waals surface area contributed by atoms with Crippen LogP contribution in [-0.2, 0) is 13.0 Å². The monoisotopic (exact) mass is 277 g/mol. The highest BCUT2D eigenvalue weighted by Gasteiger charge is 2.27. The Labute approximate surface area is 117 Å². The summed E-state index contributed by atoms with van der Waals surface area (Å²) in [5.74, 6) is 1.88. The summed E-state index contributed by atoms with van der Waals surface area (Å²) >= 11 is 1.84. The van der Waals surface area contributed by atoms with Crippen LogP contribution in [0.15, 0.2) is 11.4 Å². The molecule has 1 atom stereocenters. The second-order valence-electron chi connectivity index (χ2n) is 4.59. The lowest BCUT2D eigenvalue weighted by Gasteiger charge is -2.24. The van der Waals surface area contributed by atoms with Crippen LogP contribution in [0.3, 0.4) is 0 Å². The van der Waals surface area contributed by atoms with E-state index in [4.69, 9.17) is 0 Å². The van der Waals surface area contributed by atoms with Gasteiger partial charge in [0.15, 0.2) is 5.82 Å². The number of nitrogens with zero attached hydrogens (tertiary/aromatic N) is 3. The molecule has 0 bridgehead atoms.